The smallest absolute Gasteiger partial charge is 0.229 e. The Bertz CT molecular complexity index is 631. The van der Waals surface area contributed by atoms with Crippen LogP contribution in [-0.4, -0.2) is 27.8 Å². The van der Waals surface area contributed by atoms with Gasteiger partial charge in [0.25, 0.3) is 0 Å². The maximum absolute atomic E-state index is 11.9. The highest BCUT2D eigenvalue weighted by atomic mass is 35.5. The van der Waals surface area contributed by atoms with E-state index in [1.165, 1.54) is 0 Å². The minimum atomic E-state index is -0.174. The number of hydrogen-bond donors (Lipinski definition) is 1. The number of alkyl halides is 1. The van der Waals surface area contributed by atoms with Crippen molar-refractivity contribution in [3.05, 3.63) is 24.3 Å². The average Bonchev–Trinajstić information content (AvgIpc) is 2.67. The topological polar surface area (TPSA) is 72.1 Å². The Kier molecular flexibility index (Phi) is 2.56. The van der Waals surface area contributed by atoms with Crippen LogP contribution in [0.25, 0.3) is 10.9 Å². The van der Waals surface area contributed by atoms with Crippen LogP contribution in [0, 0.1) is 0 Å². The first kappa shape index (κ1) is 11.2. The third-order valence-electron chi connectivity index (χ3n) is 2.93. The summed E-state index contributed by atoms with van der Waals surface area (Å²) in [6, 6.07) is 7.47. The molecule has 1 atom stereocenters. The Morgan fingerprint density at radius 1 is 1.33 bits per heavy atom. The van der Waals surface area contributed by atoms with Gasteiger partial charge in [-0.25, -0.2) is 4.98 Å². The molecule has 1 saturated heterocycles. The number of carbonyl (C=O) groups is 1. The molecule has 18 heavy (non-hydrogen) atoms. The molecule has 2 aromatic rings. The molecule has 92 valence electrons. The number of para-hydroxylation sites is 1. The summed E-state index contributed by atoms with van der Waals surface area (Å²) in [5.41, 5.74) is 6.41. The molecule has 2 heterocycles. The quantitative estimate of drug-likeness (QED) is 0.792. The molecule has 0 bridgehead atoms. The van der Waals surface area contributed by atoms with Crippen molar-refractivity contribution in [2.45, 2.75) is 11.8 Å². The molecular formula is C12H11ClN4O. The Hall–Kier alpha value is -1.88. The number of amides is 1. The summed E-state index contributed by atoms with van der Waals surface area (Å²) in [4.78, 5) is 21.8. The van der Waals surface area contributed by atoms with E-state index in [1.807, 2.05) is 24.3 Å². The zero-order valence-corrected chi connectivity index (χ0v) is 10.3. The predicted octanol–water partition coefficient (Wildman–Crippen LogP) is 1.56. The molecule has 0 aliphatic carbocycles. The van der Waals surface area contributed by atoms with Crippen LogP contribution in [0.4, 0.5) is 11.8 Å². The Morgan fingerprint density at radius 3 is 2.83 bits per heavy atom. The lowest BCUT2D eigenvalue weighted by Crippen LogP contribution is -2.26. The number of nitrogens with zero attached hydrogens (tertiary/aromatic N) is 3. The summed E-state index contributed by atoms with van der Waals surface area (Å²) >= 11 is 6.01. The SMILES string of the molecule is Nc1nc(N2CC(Cl)CC2=O)c2ccccc2n1. The van der Waals surface area contributed by atoms with Gasteiger partial charge in [0.15, 0.2) is 0 Å². The Morgan fingerprint density at radius 2 is 2.11 bits per heavy atom. The molecule has 5 nitrogen and oxygen atoms in total. The van der Waals surface area contributed by atoms with Crippen LogP contribution >= 0.6 is 11.6 Å². The van der Waals surface area contributed by atoms with Gasteiger partial charge in [-0.1, -0.05) is 12.1 Å². The second-order valence-electron chi connectivity index (χ2n) is 4.23. The lowest BCUT2D eigenvalue weighted by molar-refractivity contribution is -0.117. The van der Waals surface area contributed by atoms with Crippen molar-refractivity contribution in [2.24, 2.45) is 0 Å². The third-order valence-corrected chi connectivity index (χ3v) is 3.23. The van der Waals surface area contributed by atoms with E-state index in [9.17, 15) is 4.79 Å². The normalized spacial score (nSPS) is 19.7. The minimum absolute atomic E-state index is 0.0294. The first-order chi connectivity index (χ1) is 8.65. The maximum atomic E-state index is 11.9. The summed E-state index contributed by atoms with van der Waals surface area (Å²) < 4.78 is 0. The molecule has 1 aliphatic heterocycles. The lowest BCUT2D eigenvalue weighted by atomic mass is 10.2. The maximum Gasteiger partial charge on any atom is 0.229 e. The average molecular weight is 263 g/mol. The molecule has 1 unspecified atom stereocenters. The monoisotopic (exact) mass is 262 g/mol. The molecule has 1 amide bonds. The molecule has 0 saturated carbocycles. The summed E-state index contributed by atoms with van der Waals surface area (Å²) in [5.74, 6) is 0.680. The number of benzene rings is 1. The zero-order chi connectivity index (χ0) is 12.7. The van der Waals surface area contributed by atoms with Crippen LogP contribution in [0.5, 0.6) is 0 Å². The van der Waals surface area contributed by atoms with Gasteiger partial charge in [-0.05, 0) is 12.1 Å². The fourth-order valence-corrected chi connectivity index (χ4v) is 2.42. The van der Waals surface area contributed by atoms with Crippen molar-refractivity contribution in [3.8, 4) is 0 Å². The number of halogens is 1. The second kappa shape index (κ2) is 4.10. The Labute approximate surface area is 109 Å². The van der Waals surface area contributed by atoms with Crippen molar-refractivity contribution < 1.29 is 4.79 Å². The predicted molar refractivity (Wildman–Crippen MR) is 70.6 cm³/mol. The van der Waals surface area contributed by atoms with E-state index in [1.54, 1.807) is 4.90 Å². The standard InChI is InChI=1S/C12H11ClN4O/c13-7-5-10(18)17(6-7)11-8-3-1-2-4-9(8)15-12(14)16-11/h1-4,7H,5-6H2,(H2,14,15,16). The molecule has 1 aromatic heterocycles. The first-order valence-electron chi connectivity index (χ1n) is 5.62. The fraction of sp³-hybridized carbons (Fsp3) is 0.250. The number of fused-ring (bicyclic) bond motifs is 1. The number of nitrogens with two attached hydrogens (primary N) is 1. The van der Waals surface area contributed by atoms with E-state index >= 15 is 0 Å². The Balaban J connectivity index is 2.19. The molecule has 6 heteroatoms. The molecular weight excluding hydrogens is 252 g/mol. The largest absolute Gasteiger partial charge is 0.368 e. The second-order valence-corrected chi connectivity index (χ2v) is 4.85. The molecule has 1 aromatic carbocycles. The summed E-state index contributed by atoms with van der Waals surface area (Å²) in [6.45, 7) is 0.459. The van der Waals surface area contributed by atoms with E-state index in [4.69, 9.17) is 17.3 Å². The molecule has 1 fully saturated rings. The van der Waals surface area contributed by atoms with Crippen molar-refractivity contribution in [1.29, 1.82) is 0 Å². The van der Waals surface area contributed by atoms with Crippen LogP contribution < -0.4 is 10.6 Å². The van der Waals surface area contributed by atoms with E-state index in [0.29, 0.717) is 18.8 Å². The van der Waals surface area contributed by atoms with Gasteiger partial charge in [-0.3, -0.25) is 9.69 Å². The van der Waals surface area contributed by atoms with Gasteiger partial charge in [-0.2, -0.15) is 4.98 Å². The van der Waals surface area contributed by atoms with E-state index in [2.05, 4.69) is 9.97 Å². The molecule has 2 N–H and O–H groups in total. The van der Waals surface area contributed by atoms with E-state index < -0.39 is 0 Å². The minimum Gasteiger partial charge on any atom is -0.368 e. The van der Waals surface area contributed by atoms with Crippen molar-refractivity contribution in [3.63, 3.8) is 0 Å². The van der Waals surface area contributed by atoms with Crippen LogP contribution in [0.2, 0.25) is 0 Å². The van der Waals surface area contributed by atoms with Gasteiger partial charge in [0, 0.05) is 18.4 Å². The molecule has 1 aliphatic rings. The number of rotatable bonds is 1. The number of anilines is 2. The van der Waals surface area contributed by atoms with Crippen molar-refractivity contribution >= 4 is 40.2 Å². The number of aromatic nitrogens is 2. The van der Waals surface area contributed by atoms with Crippen LogP contribution in [0.15, 0.2) is 24.3 Å². The lowest BCUT2D eigenvalue weighted by Gasteiger charge is -2.16. The first-order valence-corrected chi connectivity index (χ1v) is 6.05. The summed E-state index contributed by atoms with van der Waals surface area (Å²) in [7, 11) is 0. The van der Waals surface area contributed by atoms with Gasteiger partial charge in [-0.15, -0.1) is 11.6 Å². The molecule has 0 radical (unpaired) electrons. The highest BCUT2D eigenvalue weighted by Crippen LogP contribution is 2.29. The fourth-order valence-electron chi connectivity index (χ4n) is 2.15. The van der Waals surface area contributed by atoms with Crippen LogP contribution in [0.3, 0.4) is 0 Å². The van der Waals surface area contributed by atoms with Gasteiger partial charge in [0.2, 0.25) is 11.9 Å². The summed E-state index contributed by atoms with van der Waals surface area (Å²) in [6.07, 6.45) is 0.333. The zero-order valence-electron chi connectivity index (χ0n) is 9.51. The van der Waals surface area contributed by atoms with Crippen molar-refractivity contribution in [2.75, 3.05) is 17.2 Å². The molecule has 3 rings (SSSR count). The van der Waals surface area contributed by atoms with E-state index in [0.717, 1.165) is 10.9 Å². The number of hydrogen-bond acceptors (Lipinski definition) is 4. The highest BCUT2D eigenvalue weighted by molar-refractivity contribution is 6.24. The number of nitrogen functional groups attached to an aromatic ring is 1. The van der Waals surface area contributed by atoms with Crippen molar-refractivity contribution in [1.82, 2.24) is 9.97 Å². The summed E-state index contributed by atoms with van der Waals surface area (Å²) in [5, 5.41) is 0.637. The van der Waals surface area contributed by atoms with Gasteiger partial charge < -0.3 is 5.73 Å². The highest BCUT2D eigenvalue weighted by Gasteiger charge is 2.31. The molecule has 0 spiro atoms. The van der Waals surface area contributed by atoms with Gasteiger partial charge in [0.1, 0.15) is 5.82 Å². The third kappa shape index (κ3) is 1.76. The van der Waals surface area contributed by atoms with Crippen LogP contribution in [0.1, 0.15) is 6.42 Å². The van der Waals surface area contributed by atoms with Gasteiger partial charge >= 0.3 is 0 Å². The van der Waals surface area contributed by atoms with Gasteiger partial charge in [0.05, 0.1) is 10.9 Å². The van der Waals surface area contributed by atoms with Crippen LogP contribution in [-0.2, 0) is 4.79 Å². The number of carbonyl (C=O) groups excluding carboxylic acids is 1. The van der Waals surface area contributed by atoms with E-state index in [-0.39, 0.29) is 17.2 Å².